The highest BCUT2D eigenvalue weighted by atomic mass is 32.2. The molecule has 3 aromatic rings. The number of carbonyl (C=O) groups is 1. The average molecular weight is 449 g/mol. The highest BCUT2D eigenvalue weighted by molar-refractivity contribution is 7.89. The van der Waals surface area contributed by atoms with Gasteiger partial charge in [-0.15, -0.1) is 0 Å². The van der Waals surface area contributed by atoms with Gasteiger partial charge < -0.3 is 9.88 Å². The molecule has 0 bridgehead atoms. The van der Waals surface area contributed by atoms with Gasteiger partial charge in [-0.2, -0.15) is 15.6 Å². The van der Waals surface area contributed by atoms with Gasteiger partial charge in [-0.25, -0.2) is 13.4 Å². The Morgan fingerprint density at radius 2 is 1.97 bits per heavy atom. The normalized spacial score (nSPS) is 12.0. The van der Waals surface area contributed by atoms with Gasteiger partial charge in [0.25, 0.3) is 0 Å². The molecule has 3 rings (SSSR count). The van der Waals surface area contributed by atoms with E-state index in [-0.39, 0.29) is 10.8 Å². The van der Waals surface area contributed by atoms with E-state index >= 15 is 0 Å². The molecule has 0 saturated carbocycles. The SMILES string of the molecule is CCCn1c(CCC(=O)Nc2ccsc2)nc2cc(S(=O)(=O)N(CC)CC)ccc21. The van der Waals surface area contributed by atoms with E-state index in [1.54, 1.807) is 12.1 Å². The first-order chi connectivity index (χ1) is 14.4. The number of imidazole rings is 1. The fourth-order valence-electron chi connectivity index (χ4n) is 3.48. The lowest BCUT2D eigenvalue weighted by atomic mass is 10.2. The van der Waals surface area contributed by atoms with Crippen molar-refractivity contribution in [1.82, 2.24) is 13.9 Å². The van der Waals surface area contributed by atoms with Crippen molar-refractivity contribution in [2.45, 2.75) is 51.5 Å². The summed E-state index contributed by atoms with van der Waals surface area (Å²) < 4.78 is 29.2. The molecule has 1 aromatic carbocycles. The van der Waals surface area contributed by atoms with Gasteiger partial charge in [-0.05, 0) is 36.1 Å². The Balaban J connectivity index is 1.87. The summed E-state index contributed by atoms with van der Waals surface area (Å²) in [5, 5.41) is 6.69. The molecular formula is C21H28N4O3S2. The van der Waals surface area contributed by atoms with Crippen molar-refractivity contribution in [3.63, 3.8) is 0 Å². The van der Waals surface area contributed by atoms with Crippen molar-refractivity contribution in [2.75, 3.05) is 18.4 Å². The molecule has 9 heteroatoms. The van der Waals surface area contributed by atoms with Gasteiger partial charge in [0.1, 0.15) is 5.82 Å². The standard InChI is InChI=1S/C21H28N4O3S2/c1-4-12-25-19-8-7-17(30(27,28)24(5-2)6-3)14-18(19)23-20(25)9-10-21(26)22-16-11-13-29-15-16/h7-8,11,13-15H,4-6,9-10,12H2,1-3H3,(H,22,26). The summed E-state index contributed by atoms with van der Waals surface area (Å²) in [6, 6.07) is 6.98. The topological polar surface area (TPSA) is 84.3 Å². The number of carbonyl (C=O) groups excluding carboxylic acids is 1. The Kier molecular flexibility index (Phi) is 7.27. The van der Waals surface area contributed by atoms with E-state index in [9.17, 15) is 13.2 Å². The van der Waals surface area contributed by atoms with E-state index < -0.39 is 10.0 Å². The summed E-state index contributed by atoms with van der Waals surface area (Å²) in [6.07, 6.45) is 1.72. The lowest BCUT2D eigenvalue weighted by Crippen LogP contribution is -2.30. The number of hydrogen-bond acceptors (Lipinski definition) is 5. The molecule has 0 aliphatic carbocycles. The summed E-state index contributed by atoms with van der Waals surface area (Å²) in [6.45, 7) is 7.35. The number of nitrogens with zero attached hydrogens (tertiary/aromatic N) is 3. The minimum atomic E-state index is -3.54. The highest BCUT2D eigenvalue weighted by Crippen LogP contribution is 2.24. The second-order valence-corrected chi connectivity index (χ2v) is 9.70. The molecule has 2 aromatic heterocycles. The smallest absolute Gasteiger partial charge is 0.243 e. The van der Waals surface area contributed by atoms with Crippen LogP contribution in [-0.2, 0) is 27.8 Å². The molecule has 0 aliphatic rings. The fraction of sp³-hybridized carbons (Fsp3) is 0.429. The van der Waals surface area contributed by atoms with E-state index in [1.807, 2.05) is 36.7 Å². The predicted molar refractivity (Wildman–Crippen MR) is 121 cm³/mol. The van der Waals surface area contributed by atoms with Crippen LogP contribution in [0.1, 0.15) is 39.4 Å². The molecule has 0 atom stereocenters. The Morgan fingerprint density at radius 1 is 1.20 bits per heavy atom. The van der Waals surface area contributed by atoms with Crippen LogP contribution in [0.15, 0.2) is 39.9 Å². The fourth-order valence-corrected chi connectivity index (χ4v) is 5.55. The van der Waals surface area contributed by atoms with Crippen molar-refractivity contribution in [2.24, 2.45) is 0 Å². The number of anilines is 1. The van der Waals surface area contributed by atoms with Gasteiger partial charge in [-0.3, -0.25) is 4.79 Å². The van der Waals surface area contributed by atoms with Crippen LogP contribution in [0.4, 0.5) is 5.69 Å². The third-order valence-corrected chi connectivity index (χ3v) is 7.70. The largest absolute Gasteiger partial charge is 0.328 e. The monoisotopic (exact) mass is 448 g/mol. The molecule has 162 valence electrons. The van der Waals surface area contributed by atoms with E-state index in [0.717, 1.165) is 30.0 Å². The van der Waals surface area contributed by atoms with E-state index in [0.29, 0.717) is 31.4 Å². The van der Waals surface area contributed by atoms with Gasteiger partial charge in [-0.1, -0.05) is 20.8 Å². The first kappa shape index (κ1) is 22.5. The van der Waals surface area contributed by atoms with E-state index in [2.05, 4.69) is 21.8 Å². The van der Waals surface area contributed by atoms with Crippen LogP contribution in [0, 0.1) is 0 Å². The number of sulfonamides is 1. The Bertz CT molecular complexity index is 1100. The van der Waals surface area contributed by atoms with Gasteiger partial charge in [0.15, 0.2) is 0 Å². The van der Waals surface area contributed by atoms with Crippen molar-refractivity contribution in [3.05, 3.63) is 40.8 Å². The number of fused-ring (bicyclic) bond motifs is 1. The first-order valence-corrected chi connectivity index (χ1v) is 12.6. The molecule has 0 saturated heterocycles. The van der Waals surface area contributed by atoms with Gasteiger partial charge in [0.05, 0.1) is 21.6 Å². The number of aryl methyl sites for hydroxylation is 2. The van der Waals surface area contributed by atoms with Crippen molar-refractivity contribution in [1.29, 1.82) is 0 Å². The van der Waals surface area contributed by atoms with E-state index in [4.69, 9.17) is 0 Å². The van der Waals surface area contributed by atoms with Crippen molar-refractivity contribution >= 4 is 44.0 Å². The summed E-state index contributed by atoms with van der Waals surface area (Å²) in [4.78, 5) is 17.2. The third-order valence-electron chi connectivity index (χ3n) is 4.97. The zero-order valence-corrected chi connectivity index (χ0v) is 19.2. The van der Waals surface area contributed by atoms with Crippen LogP contribution in [0.25, 0.3) is 11.0 Å². The minimum absolute atomic E-state index is 0.0618. The molecule has 1 N–H and O–H groups in total. The van der Waals surface area contributed by atoms with Gasteiger partial charge in [0, 0.05) is 37.9 Å². The zero-order chi connectivity index (χ0) is 21.7. The van der Waals surface area contributed by atoms with Crippen LogP contribution in [0.5, 0.6) is 0 Å². The van der Waals surface area contributed by atoms with Crippen LogP contribution < -0.4 is 5.32 Å². The number of benzene rings is 1. The van der Waals surface area contributed by atoms with Gasteiger partial charge >= 0.3 is 0 Å². The summed E-state index contributed by atoms with van der Waals surface area (Å²) in [7, 11) is -3.54. The van der Waals surface area contributed by atoms with Crippen LogP contribution >= 0.6 is 11.3 Å². The molecule has 0 aliphatic heterocycles. The quantitative estimate of drug-likeness (QED) is 0.506. The highest BCUT2D eigenvalue weighted by Gasteiger charge is 2.23. The maximum absolute atomic E-state index is 12.9. The maximum Gasteiger partial charge on any atom is 0.243 e. The van der Waals surface area contributed by atoms with E-state index in [1.165, 1.54) is 15.6 Å². The molecule has 2 heterocycles. The average Bonchev–Trinajstić information content (AvgIpc) is 3.35. The third kappa shape index (κ3) is 4.74. The Morgan fingerprint density at radius 3 is 2.60 bits per heavy atom. The van der Waals surface area contributed by atoms with Crippen LogP contribution in [0.2, 0.25) is 0 Å². The molecule has 7 nitrogen and oxygen atoms in total. The number of hydrogen-bond donors (Lipinski definition) is 1. The molecular weight excluding hydrogens is 420 g/mol. The molecule has 0 spiro atoms. The maximum atomic E-state index is 12.9. The summed E-state index contributed by atoms with van der Waals surface area (Å²) >= 11 is 1.53. The van der Waals surface area contributed by atoms with Crippen LogP contribution in [-0.4, -0.2) is 41.3 Å². The Hall–Kier alpha value is -2.23. The number of rotatable bonds is 10. The van der Waals surface area contributed by atoms with Crippen molar-refractivity contribution < 1.29 is 13.2 Å². The number of thiophene rings is 1. The van der Waals surface area contributed by atoms with Gasteiger partial charge in [0.2, 0.25) is 15.9 Å². The summed E-state index contributed by atoms with van der Waals surface area (Å²) in [5.41, 5.74) is 2.34. The molecule has 0 radical (unpaired) electrons. The summed E-state index contributed by atoms with van der Waals surface area (Å²) in [5.74, 6) is 0.734. The number of aromatic nitrogens is 2. The molecule has 30 heavy (non-hydrogen) atoms. The molecule has 1 amide bonds. The van der Waals surface area contributed by atoms with Crippen LogP contribution in [0.3, 0.4) is 0 Å². The minimum Gasteiger partial charge on any atom is -0.328 e. The Labute approximate surface area is 181 Å². The number of amides is 1. The lowest BCUT2D eigenvalue weighted by Gasteiger charge is -2.18. The second kappa shape index (κ2) is 9.72. The zero-order valence-electron chi connectivity index (χ0n) is 17.6. The molecule has 0 fully saturated rings. The molecule has 0 unspecified atom stereocenters. The first-order valence-electron chi connectivity index (χ1n) is 10.2. The lowest BCUT2D eigenvalue weighted by molar-refractivity contribution is -0.116. The second-order valence-electron chi connectivity index (χ2n) is 6.98. The predicted octanol–water partition coefficient (Wildman–Crippen LogP) is 4.11. The number of nitrogens with one attached hydrogen (secondary N) is 1. The van der Waals surface area contributed by atoms with Crippen molar-refractivity contribution in [3.8, 4) is 0 Å².